The molecule has 2 N–H and O–H groups in total. The molecule has 3 heteroatoms. The minimum atomic E-state index is -0.396. The zero-order valence-corrected chi connectivity index (χ0v) is 11.0. The maximum absolute atomic E-state index is 13.3. The van der Waals surface area contributed by atoms with Crippen molar-refractivity contribution in [2.24, 2.45) is 11.3 Å². The van der Waals surface area contributed by atoms with E-state index in [9.17, 15) is 4.39 Å². The lowest BCUT2D eigenvalue weighted by molar-refractivity contribution is -0.00848. The molecule has 1 aromatic rings. The predicted molar refractivity (Wildman–Crippen MR) is 69.5 cm³/mol. The highest BCUT2D eigenvalue weighted by Crippen LogP contribution is 2.38. The largest absolute Gasteiger partial charge is 0.399 e. The number of hydrogen-bond donors (Lipinski definition) is 1. The number of rotatable bonds is 4. The van der Waals surface area contributed by atoms with Gasteiger partial charge in [0.2, 0.25) is 0 Å². The van der Waals surface area contributed by atoms with Crippen molar-refractivity contribution in [3.05, 3.63) is 29.8 Å². The van der Waals surface area contributed by atoms with E-state index in [1.807, 2.05) is 45.0 Å². The summed E-state index contributed by atoms with van der Waals surface area (Å²) in [5, 5.41) is 0. The Balaban J connectivity index is 3.01. The lowest BCUT2D eigenvalue weighted by atomic mass is 9.76. The van der Waals surface area contributed by atoms with Crippen molar-refractivity contribution in [2.45, 2.75) is 26.9 Å². The third-order valence-electron chi connectivity index (χ3n) is 3.16. The van der Waals surface area contributed by atoms with Gasteiger partial charge in [0.25, 0.3) is 0 Å². The van der Waals surface area contributed by atoms with Gasteiger partial charge < -0.3 is 10.5 Å². The highest BCUT2D eigenvalue weighted by Gasteiger charge is 2.33. The number of nitrogens with two attached hydrogens (primary N) is 1. The monoisotopic (exact) mass is 239 g/mol. The molecule has 0 aliphatic rings. The molecule has 0 heterocycles. The summed E-state index contributed by atoms with van der Waals surface area (Å²) in [6.45, 7) is 5.69. The van der Waals surface area contributed by atoms with Crippen LogP contribution in [-0.4, -0.2) is 13.8 Å². The van der Waals surface area contributed by atoms with Gasteiger partial charge in [-0.25, -0.2) is 0 Å². The molecule has 96 valence electrons. The van der Waals surface area contributed by atoms with Gasteiger partial charge in [0.15, 0.2) is 0 Å². The van der Waals surface area contributed by atoms with E-state index in [-0.39, 0.29) is 17.4 Å². The highest BCUT2D eigenvalue weighted by molar-refractivity contribution is 5.40. The quantitative estimate of drug-likeness (QED) is 0.815. The molecule has 0 fully saturated rings. The van der Waals surface area contributed by atoms with E-state index in [1.54, 1.807) is 7.11 Å². The van der Waals surface area contributed by atoms with E-state index in [0.29, 0.717) is 5.69 Å². The summed E-state index contributed by atoms with van der Waals surface area (Å²) in [7, 11) is 1.62. The summed E-state index contributed by atoms with van der Waals surface area (Å²) in [5.74, 6) is -0.170. The minimum Gasteiger partial charge on any atom is -0.399 e. The Morgan fingerprint density at radius 2 is 1.76 bits per heavy atom. The third kappa shape index (κ3) is 3.43. The number of methoxy groups -OCH3 is 1. The average Bonchev–Trinajstić information content (AvgIpc) is 2.25. The number of ether oxygens (including phenoxy) is 1. The third-order valence-corrected chi connectivity index (χ3v) is 3.16. The lowest BCUT2D eigenvalue weighted by Crippen LogP contribution is -2.29. The first-order valence-corrected chi connectivity index (χ1v) is 5.84. The minimum absolute atomic E-state index is 0.142. The van der Waals surface area contributed by atoms with Crippen LogP contribution >= 0.6 is 0 Å². The molecule has 0 aromatic heterocycles. The molecule has 1 unspecified atom stereocenters. The normalized spacial score (nSPS) is 15.6. The molecule has 0 spiro atoms. The van der Waals surface area contributed by atoms with Crippen LogP contribution in [-0.2, 0) is 4.74 Å². The summed E-state index contributed by atoms with van der Waals surface area (Å²) in [6, 6.07) is 7.44. The molecule has 0 aliphatic heterocycles. The number of benzene rings is 1. The molecule has 2 atom stereocenters. The second-order valence-corrected chi connectivity index (χ2v) is 5.45. The van der Waals surface area contributed by atoms with Crippen molar-refractivity contribution in [3.63, 3.8) is 0 Å². The Bertz CT molecular complexity index is 342. The average molecular weight is 239 g/mol. The molecule has 0 bridgehead atoms. The first kappa shape index (κ1) is 14.0. The molecule has 0 saturated carbocycles. The first-order chi connectivity index (χ1) is 7.90. The molecule has 17 heavy (non-hydrogen) atoms. The van der Waals surface area contributed by atoms with Crippen molar-refractivity contribution in [1.29, 1.82) is 0 Å². The lowest BCUT2D eigenvalue weighted by Gasteiger charge is -2.34. The fraction of sp³-hybridized carbons (Fsp3) is 0.571. The van der Waals surface area contributed by atoms with Crippen molar-refractivity contribution >= 4 is 5.69 Å². The number of anilines is 1. The summed E-state index contributed by atoms with van der Waals surface area (Å²) in [5.41, 5.74) is 7.18. The zero-order chi connectivity index (χ0) is 13.1. The maximum Gasteiger partial charge on any atom is 0.0955 e. The molecular weight excluding hydrogens is 217 g/mol. The van der Waals surface area contributed by atoms with Crippen molar-refractivity contribution < 1.29 is 9.13 Å². The standard InChI is InChI=1S/C14H22FNO/c1-14(2,3)12(9-15)13(17-4)10-5-7-11(16)8-6-10/h5-8,12-13H,9,16H2,1-4H3/t12?,13-/m1/s1. The van der Waals surface area contributed by atoms with E-state index < -0.39 is 6.67 Å². The topological polar surface area (TPSA) is 35.2 Å². The number of hydrogen-bond acceptors (Lipinski definition) is 2. The maximum atomic E-state index is 13.3. The molecule has 2 nitrogen and oxygen atoms in total. The van der Waals surface area contributed by atoms with Crippen LogP contribution in [0.25, 0.3) is 0 Å². The van der Waals surface area contributed by atoms with Gasteiger partial charge in [0.1, 0.15) is 0 Å². The molecular formula is C14H22FNO. The van der Waals surface area contributed by atoms with Gasteiger partial charge in [0.05, 0.1) is 12.8 Å². The van der Waals surface area contributed by atoms with E-state index in [1.165, 1.54) is 0 Å². The Morgan fingerprint density at radius 3 is 2.12 bits per heavy atom. The van der Waals surface area contributed by atoms with Crippen LogP contribution in [0.15, 0.2) is 24.3 Å². The fourth-order valence-corrected chi connectivity index (χ4v) is 1.98. The van der Waals surface area contributed by atoms with Gasteiger partial charge in [-0.05, 0) is 23.1 Å². The zero-order valence-electron chi connectivity index (χ0n) is 11.0. The van der Waals surface area contributed by atoms with Crippen molar-refractivity contribution in [1.82, 2.24) is 0 Å². The van der Waals surface area contributed by atoms with Crippen LogP contribution in [0.2, 0.25) is 0 Å². The van der Waals surface area contributed by atoms with E-state index in [4.69, 9.17) is 10.5 Å². The van der Waals surface area contributed by atoms with E-state index in [2.05, 4.69) is 0 Å². The van der Waals surface area contributed by atoms with Crippen LogP contribution in [0.5, 0.6) is 0 Å². The molecule has 0 aliphatic carbocycles. The van der Waals surface area contributed by atoms with Gasteiger partial charge in [-0.3, -0.25) is 4.39 Å². The molecule has 1 rings (SSSR count). The van der Waals surface area contributed by atoms with Gasteiger partial charge in [-0.2, -0.15) is 0 Å². The molecule has 0 amide bonds. The van der Waals surface area contributed by atoms with Gasteiger partial charge in [-0.15, -0.1) is 0 Å². The van der Waals surface area contributed by atoms with Gasteiger partial charge in [-0.1, -0.05) is 32.9 Å². The Labute approximate surface area is 103 Å². The van der Waals surface area contributed by atoms with Crippen molar-refractivity contribution in [3.8, 4) is 0 Å². The molecule has 1 aromatic carbocycles. The second-order valence-electron chi connectivity index (χ2n) is 5.45. The van der Waals surface area contributed by atoms with Crippen LogP contribution in [0.4, 0.5) is 10.1 Å². The van der Waals surface area contributed by atoms with Gasteiger partial charge >= 0.3 is 0 Å². The Morgan fingerprint density at radius 1 is 1.24 bits per heavy atom. The molecule has 0 saturated heterocycles. The van der Waals surface area contributed by atoms with Crippen molar-refractivity contribution in [2.75, 3.05) is 19.5 Å². The Kier molecular flexibility index (Phi) is 4.52. The summed E-state index contributed by atoms with van der Waals surface area (Å²) < 4.78 is 18.7. The predicted octanol–water partition coefficient (Wildman–Crippen LogP) is 3.59. The smallest absolute Gasteiger partial charge is 0.0955 e. The second kappa shape index (κ2) is 5.50. The number of alkyl halides is 1. The van der Waals surface area contributed by atoms with Crippen LogP contribution in [0.1, 0.15) is 32.4 Å². The van der Waals surface area contributed by atoms with Crippen LogP contribution in [0.3, 0.4) is 0 Å². The number of halogens is 1. The highest BCUT2D eigenvalue weighted by atomic mass is 19.1. The summed E-state index contributed by atoms with van der Waals surface area (Å²) in [4.78, 5) is 0. The fourth-order valence-electron chi connectivity index (χ4n) is 1.98. The van der Waals surface area contributed by atoms with Gasteiger partial charge in [0, 0.05) is 18.7 Å². The SMILES string of the molecule is CO[C@H](c1ccc(N)cc1)C(CF)C(C)(C)C. The Hall–Kier alpha value is -1.09. The van der Waals surface area contributed by atoms with Crippen LogP contribution in [0, 0.1) is 11.3 Å². The molecule has 0 radical (unpaired) electrons. The van der Waals surface area contributed by atoms with Crippen LogP contribution < -0.4 is 5.73 Å². The van der Waals surface area contributed by atoms with E-state index in [0.717, 1.165) is 5.56 Å². The number of nitrogen functional groups attached to an aromatic ring is 1. The first-order valence-electron chi connectivity index (χ1n) is 5.84. The van der Waals surface area contributed by atoms with E-state index >= 15 is 0 Å². The summed E-state index contributed by atoms with van der Waals surface area (Å²) >= 11 is 0. The summed E-state index contributed by atoms with van der Waals surface area (Å²) in [6.07, 6.45) is -0.236.